The molecule has 1 N–H and O–H groups in total. The Morgan fingerprint density at radius 3 is 2.83 bits per heavy atom. The second kappa shape index (κ2) is 6.86. The van der Waals surface area contributed by atoms with Gasteiger partial charge >= 0.3 is 0 Å². The van der Waals surface area contributed by atoms with Gasteiger partial charge in [0.1, 0.15) is 11.1 Å². The summed E-state index contributed by atoms with van der Waals surface area (Å²) < 4.78 is 0.621. The molecular formula is C16H12IN3O3S. The molecule has 3 rings (SSSR count). The number of amides is 1. The van der Waals surface area contributed by atoms with Crippen molar-refractivity contribution in [3.63, 3.8) is 0 Å². The number of carbonyl (C=O) groups excluding carboxylic acids is 1. The Hall–Kier alpha value is -1.99. The molecule has 1 aromatic carbocycles. The number of nitrogens with one attached hydrogen (secondary N) is 1. The number of non-ortho nitro benzene ring substituents is 1. The fourth-order valence-electron chi connectivity index (χ4n) is 2.74. The van der Waals surface area contributed by atoms with E-state index in [9.17, 15) is 20.2 Å². The van der Waals surface area contributed by atoms with Crippen LogP contribution in [-0.4, -0.2) is 10.8 Å². The lowest BCUT2D eigenvalue weighted by Crippen LogP contribution is -2.13. The van der Waals surface area contributed by atoms with E-state index in [2.05, 4.69) is 11.4 Å². The van der Waals surface area contributed by atoms with Gasteiger partial charge in [-0.25, -0.2) is 0 Å². The minimum absolute atomic E-state index is 0.133. The molecule has 0 bridgehead atoms. The van der Waals surface area contributed by atoms with Crippen molar-refractivity contribution in [2.45, 2.75) is 25.7 Å². The first kappa shape index (κ1) is 16.9. The molecule has 122 valence electrons. The summed E-state index contributed by atoms with van der Waals surface area (Å²) >= 11 is 3.40. The van der Waals surface area contributed by atoms with Crippen LogP contribution in [0.5, 0.6) is 0 Å². The van der Waals surface area contributed by atoms with Crippen LogP contribution in [0.1, 0.15) is 39.2 Å². The number of carbonyl (C=O) groups is 1. The molecule has 6 nitrogen and oxygen atoms in total. The second-order valence-electron chi connectivity index (χ2n) is 5.40. The molecule has 0 spiro atoms. The van der Waals surface area contributed by atoms with Crippen molar-refractivity contribution in [1.29, 1.82) is 5.26 Å². The fraction of sp³-hybridized carbons (Fsp3) is 0.250. The molecule has 0 radical (unpaired) electrons. The summed E-state index contributed by atoms with van der Waals surface area (Å²) in [5, 5.41) is 23.7. The molecule has 8 heteroatoms. The fourth-order valence-corrected chi connectivity index (χ4v) is 4.56. The van der Waals surface area contributed by atoms with Crippen molar-refractivity contribution in [1.82, 2.24) is 0 Å². The van der Waals surface area contributed by atoms with E-state index < -0.39 is 10.8 Å². The van der Waals surface area contributed by atoms with Crippen LogP contribution in [0.15, 0.2) is 18.2 Å². The topological polar surface area (TPSA) is 96.0 Å². The third kappa shape index (κ3) is 3.14. The Kier molecular flexibility index (Phi) is 4.82. The van der Waals surface area contributed by atoms with Gasteiger partial charge in [0.2, 0.25) is 0 Å². The van der Waals surface area contributed by atoms with Gasteiger partial charge in [-0.2, -0.15) is 5.26 Å². The Bertz CT molecular complexity index is 885. The average molecular weight is 453 g/mol. The largest absolute Gasteiger partial charge is 0.312 e. The number of anilines is 1. The van der Waals surface area contributed by atoms with Crippen molar-refractivity contribution in [2.75, 3.05) is 5.32 Å². The van der Waals surface area contributed by atoms with E-state index in [0.717, 1.165) is 36.1 Å². The maximum Gasteiger partial charge on any atom is 0.270 e. The molecule has 0 unspecified atom stereocenters. The first-order chi connectivity index (χ1) is 11.5. The predicted octanol–water partition coefficient (Wildman–Crippen LogP) is 4.26. The number of hydrogen-bond acceptors (Lipinski definition) is 5. The Morgan fingerprint density at radius 2 is 2.12 bits per heavy atom. The number of benzene rings is 1. The first-order valence-corrected chi connectivity index (χ1v) is 9.20. The van der Waals surface area contributed by atoms with Gasteiger partial charge in [0.05, 0.1) is 16.1 Å². The zero-order valence-corrected chi connectivity index (χ0v) is 15.4. The molecule has 0 saturated heterocycles. The summed E-state index contributed by atoms with van der Waals surface area (Å²) in [4.78, 5) is 24.1. The minimum atomic E-state index is -0.530. The Labute approximate surface area is 155 Å². The lowest BCUT2D eigenvalue weighted by Gasteiger charge is -2.09. The van der Waals surface area contributed by atoms with Gasteiger partial charge in [-0.3, -0.25) is 14.9 Å². The van der Waals surface area contributed by atoms with Crippen LogP contribution < -0.4 is 5.32 Å². The second-order valence-corrected chi connectivity index (χ2v) is 7.67. The molecule has 0 fully saturated rings. The van der Waals surface area contributed by atoms with Crippen molar-refractivity contribution in [3.8, 4) is 6.07 Å². The number of nitriles is 1. The third-order valence-electron chi connectivity index (χ3n) is 3.92. The lowest BCUT2D eigenvalue weighted by atomic mass is 9.96. The molecule has 2 aromatic rings. The summed E-state index contributed by atoms with van der Waals surface area (Å²) in [5.41, 5.74) is 1.67. The van der Waals surface area contributed by atoms with Gasteiger partial charge < -0.3 is 5.32 Å². The molecule has 1 aromatic heterocycles. The number of nitro groups is 1. The van der Waals surface area contributed by atoms with Crippen LogP contribution in [0.3, 0.4) is 0 Å². The zero-order valence-electron chi connectivity index (χ0n) is 12.5. The summed E-state index contributed by atoms with van der Waals surface area (Å²) in [6, 6.07) is 6.36. The van der Waals surface area contributed by atoms with Crippen LogP contribution in [0.25, 0.3) is 0 Å². The Morgan fingerprint density at radius 1 is 1.38 bits per heavy atom. The summed E-state index contributed by atoms with van der Waals surface area (Å²) in [6.45, 7) is 0. The highest BCUT2D eigenvalue weighted by Gasteiger charge is 2.23. The van der Waals surface area contributed by atoms with Crippen molar-refractivity contribution >= 4 is 50.5 Å². The highest BCUT2D eigenvalue weighted by molar-refractivity contribution is 14.1. The molecule has 1 aliphatic rings. The average Bonchev–Trinajstić information content (AvgIpc) is 2.91. The van der Waals surface area contributed by atoms with Crippen LogP contribution >= 0.6 is 33.9 Å². The number of hydrogen-bond donors (Lipinski definition) is 1. The number of nitrogens with zero attached hydrogens (tertiary/aromatic N) is 2. The molecule has 1 aliphatic carbocycles. The molecule has 1 amide bonds. The summed E-state index contributed by atoms with van der Waals surface area (Å²) in [5.74, 6) is -0.432. The van der Waals surface area contributed by atoms with Crippen LogP contribution in [-0.2, 0) is 12.8 Å². The highest BCUT2D eigenvalue weighted by Crippen LogP contribution is 2.38. The monoisotopic (exact) mass is 453 g/mol. The zero-order chi connectivity index (χ0) is 17.3. The first-order valence-electron chi connectivity index (χ1n) is 7.31. The highest BCUT2D eigenvalue weighted by atomic mass is 127. The van der Waals surface area contributed by atoms with Gasteiger partial charge in [0, 0.05) is 20.6 Å². The SMILES string of the molecule is N#Cc1c(NC(=O)c2cc([N+](=O)[O-])ccc2I)sc2c1CCCC2. The van der Waals surface area contributed by atoms with E-state index in [4.69, 9.17) is 0 Å². The van der Waals surface area contributed by atoms with E-state index in [1.807, 2.05) is 22.6 Å². The standard InChI is InChI=1S/C16H12IN3O3S/c17-13-6-5-9(20(22)23)7-11(13)15(21)19-16-12(8-18)10-3-1-2-4-14(10)24-16/h5-7H,1-4H2,(H,19,21). The third-order valence-corrected chi connectivity index (χ3v) is 6.06. The number of nitro benzene ring substituents is 1. The van der Waals surface area contributed by atoms with Gasteiger partial charge in [-0.05, 0) is 59.9 Å². The van der Waals surface area contributed by atoms with E-state index >= 15 is 0 Å². The molecule has 0 aliphatic heterocycles. The minimum Gasteiger partial charge on any atom is -0.312 e. The number of aryl methyl sites for hydroxylation is 1. The molecule has 0 atom stereocenters. The lowest BCUT2D eigenvalue weighted by molar-refractivity contribution is -0.384. The van der Waals surface area contributed by atoms with Crippen molar-refractivity contribution < 1.29 is 9.72 Å². The molecule has 1 heterocycles. The van der Waals surface area contributed by atoms with Crippen LogP contribution in [0, 0.1) is 25.0 Å². The van der Waals surface area contributed by atoms with E-state index in [1.165, 1.54) is 29.5 Å². The van der Waals surface area contributed by atoms with Gasteiger partial charge in [-0.15, -0.1) is 11.3 Å². The van der Waals surface area contributed by atoms with Crippen molar-refractivity contribution in [3.05, 3.63) is 53.5 Å². The maximum absolute atomic E-state index is 12.5. The van der Waals surface area contributed by atoms with E-state index in [1.54, 1.807) is 0 Å². The van der Waals surface area contributed by atoms with Gasteiger partial charge in [-0.1, -0.05) is 0 Å². The normalized spacial score (nSPS) is 13.0. The van der Waals surface area contributed by atoms with Crippen LogP contribution in [0.4, 0.5) is 10.7 Å². The predicted molar refractivity (Wildman–Crippen MR) is 99.4 cm³/mol. The Balaban J connectivity index is 1.94. The molecular weight excluding hydrogens is 441 g/mol. The maximum atomic E-state index is 12.5. The molecule has 0 saturated carbocycles. The number of fused-ring (bicyclic) bond motifs is 1. The quantitative estimate of drug-likeness (QED) is 0.427. The van der Waals surface area contributed by atoms with Gasteiger partial charge in [0.15, 0.2) is 0 Å². The number of rotatable bonds is 3. The van der Waals surface area contributed by atoms with E-state index in [-0.39, 0.29) is 11.3 Å². The van der Waals surface area contributed by atoms with Gasteiger partial charge in [0.25, 0.3) is 11.6 Å². The smallest absolute Gasteiger partial charge is 0.270 e. The number of halogens is 1. The van der Waals surface area contributed by atoms with Crippen molar-refractivity contribution in [2.24, 2.45) is 0 Å². The molecule has 24 heavy (non-hydrogen) atoms. The summed E-state index contributed by atoms with van der Waals surface area (Å²) in [6.07, 6.45) is 3.93. The number of thiophene rings is 1. The summed E-state index contributed by atoms with van der Waals surface area (Å²) in [7, 11) is 0. The van der Waals surface area contributed by atoms with Crippen LogP contribution in [0.2, 0.25) is 0 Å². The van der Waals surface area contributed by atoms with E-state index in [0.29, 0.717) is 14.1 Å².